The van der Waals surface area contributed by atoms with Gasteiger partial charge in [0.15, 0.2) is 0 Å². The van der Waals surface area contributed by atoms with Crippen LogP contribution in [0.5, 0.6) is 0 Å². The van der Waals surface area contributed by atoms with E-state index in [-0.39, 0.29) is 6.61 Å². The highest BCUT2D eigenvalue weighted by Gasteiger charge is 2.15. The number of hydrogen-bond donors (Lipinski definition) is 1. The predicted octanol–water partition coefficient (Wildman–Crippen LogP) is 2.02. The largest absolute Gasteiger partial charge is 0.390 e. The predicted molar refractivity (Wildman–Crippen MR) is 70.7 cm³/mol. The van der Waals surface area contributed by atoms with Crippen LogP contribution in [0, 0.1) is 5.92 Å². The molecule has 2 heterocycles. The molecule has 2 aromatic heterocycles. The van der Waals surface area contributed by atoms with E-state index in [4.69, 9.17) is 4.74 Å². The first-order chi connectivity index (χ1) is 8.65. The van der Waals surface area contributed by atoms with Gasteiger partial charge in [-0.05, 0) is 18.8 Å². The van der Waals surface area contributed by atoms with Crippen molar-refractivity contribution in [2.24, 2.45) is 5.92 Å². The van der Waals surface area contributed by atoms with E-state index in [0.29, 0.717) is 12.5 Å². The molecule has 100 valence electrons. The fourth-order valence-corrected chi connectivity index (χ4v) is 2.74. The van der Waals surface area contributed by atoms with E-state index >= 15 is 0 Å². The van der Waals surface area contributed by atoms with Gasteiger partial charge >= 0.3 is 0 Å². The van der Waals surface area contributed by atoms with Crippen molar-refractivity contribution < 1.29 is 9.84 Å². The first-order valence-corrected chi connectivity index (χ1v) is 6.93. The highest BCUT2D eigenvalue weighted by molar-refractivity contribution is 7.16. The number of aryl methyl sites for hydroxylation is 1. The standard InChI is InChI=1S/C12H19N3O2S/c1-8(2)4-5-9-10(6-16)15-12(13-9)18-11(14-15)7-17-3/h8,16H,4-7H2,1-3H3. The van der Waals surface area contributed by atoms with Crippen LogP contribution in [0.3, 0.4) is 0 Å². The Morgan fingerprint density at radius 2 is 2.22 bits per heavy atom. The zero-order valence-corrected chi connectivity index (χ0v) is 11.8. The lowest BCUT2D eigenvalue weighted by Gasteiger charge is -2.03. The fourth-order valence-electron chi connectivity index (χ4n) is 1.84. The Morgan fingerprint density at radius 1 is 1.44 bits per heavy atom. The minimum atomic E-state index is -0.0231. The second-order valence-corrected chi connectivity index (χ2v) is 5.76. The topological polar surface area (TPSA) is 59.7 Å². The van der Waals surface area contributed by atoms with Gasteiger partial charge in [-0.2, -0.15) is 5.10 Å². The van der Waals surface area contributed by atoms with Crippen molar-refractivity contribution in [3.63, 3.8) is 0 Å². The van der Waals surface area contributed by atoms with Crippen molar-refractivity contribution >= 4 is 16.3 Å². The van der Waals surface area contributed by atoms with E-state index in [9.17, 15) is 5.11 Å². The van der Waals surface area contributed by atoms with Crippen molar-refractivity contribution in [2.75, 3.05) is 7.11 Å². The molecule has 0 atom stereocenters. The number of aliphatic hydroxyl groups excluding tert-OH is 1. The van der Waals surface area contributed by atoms with Crippen molar-refractivity contribution in [2.45, 2.75) is 39.9 Å². The monoisotopic (exact) mass is 269 g/mol. The molecule has 18 heavy (non-hydrogen) atoms. The van der Waals surface area contributed by atoms with Gasteiger partial charge in [-0.3, -0.25) is 0 Å². The number of methoxy groups -OCH3 is 1. The molecule has 0 amide bonds. The molecule has 0 spiro atoms. The molecular formula is C12H19N3O2S. The first-order valence-electron chi connectivity index (χ1n) is 6.11. The van der Waals surface area contributed by atoms with Gasteiger partial charge in [0, 0.05) is 7.11 Å². The van der Waals surface area contributed by atoms with E-state index in [1.807, 2.05) is 0 Å². The number of aromatic nitrogens is 3. The first kappa shape index (κ1) is 13.5. The Bertz CT molecular complexity index is 519. The van der Waals surface area contributed by atoms with Crippen LogP contribution in [0.1, 0.15) is 36.7 Å². The molecular weight excluding hydrogens is 250 g/mol. The van der Waals surface area contributed by atoms with Crippen molar-refractivity contribution in [1.82, 2.24) is 14.6 Å². The SMILES string of the molecule is COCc1nn2c(CO)c(CCC(C)C)nc2s1. The summed E-state index contributed by atoms with van der Waals surface area (Å²) in [5, 5.41) is 14.8. The summed E-state index contributed by atoms with van der Waals surface area (Å²) in [7, 11) is 1.64. The lowest BCUT2D eigenvalue weighted by molar-refractivity contribution is 0.183. The lowest BCUT2D eigenvalue weighted by Crippen LogP contribution is -2.01. The van der Waals surface area contributed by atoms with E-state index < -0.39 is 0 Å². The van der Waals surface area contributed by atoms with Crippen LogP contribution in [0.15, 0.2) is 0 Å². The number of rotatable bonds is 6. The van der Waals surface area contributed by atoms with Crippen molar-refractivity contribution in [3.8, 4) is 0 Å². The Kier molecular flexibility index (Phi) is 4.31. The van der Waals surface area contributed by atoms with Gasteiger partial charge in [0.25, 0.3) is 0 Å². The lowest BCUT2D eigenvalue weighted by atomic mass is 10.1. The number of nitrogens with zero attached hydrogens (tertiary/aromatic N) is 3. The molecule has 0 unspecified atom stereocenters. The summed E-state index contributed by atoms with van der Waals surface area (Å²) in [4.78, 5) is 5.40. The summed E-state index contributed by atoms with van der Waals surface area (Å²) >= 11 is 1.51. The summed E-state index contributed by atoms with van der Waals surface area (Å²) in [6, 6.07) is 0. The van der Waals surface area contributed by atoms with E-state index in [0.717, 1.165) is 34.2 Å². The number of fused-ring (bicyclic) bond motifs is 1. The smallest absolute Gasteiger partial charge is 0.212 e. The van der Waals surface area contributed by atoms with Crippen molar-refractivity contribution in [1.29, 1.82) is 0 Å². The third-order valence-corrected chi connectivity index (χ3v) is 3.68. The molecule has 2 rings (SSSR count). The maximum atomic E-state index is 9.48. The summed E-state index contributed by atoms with van der Waals surface area (Å²) in [5.41, 5.74) is 1.78. The van der Waals surface area contributed by atoms with Crippen LogP contribution in [0.4, 0.5) is 0 Å². The highest BCUT2D eigenvalue weighted by atomic mass is 32.1. The Hall–Kier alpha value is -0.980. The summed E-state index contributed by atoms with van der Waals surface area (Å²) in [5.74, 6) is 0.633. The molecule has 0 aromatic carbocycles. The summed E-state index contributed by atoms with van der Waals surface area (Å²) in [6.07, 6.45) is 1.96. The van der Waals surface area contributed by atoms with E-state index in [1.54, 1.807) is 11.6 Å². The zero-order valence-electron chi connectivity index (χ0n) is 11.0. The quantitative estimate of drug-likeness (QED) is 0.871. The van der Waals surface area contributed by atoms with Gasteiger partial charge in [0.05, 0.1) is 24.6 Å². The molecule has 6 heteroatoms. The Balaban J connectivity index is 2.28. The van der Waals surface area contributed by atoms with Crippen LogP contribution >= 0.6 is 11.3 Å². The maximum absolute atomic E-state index is 9.48. The third kappa shape index (κ3) is 2.71. The molecule has 0 fully saturated rings. The second-order valence-electron chi connectivity index (χ2n) is 4.72. The Morgan fingerprint density at radius 3 is 2.83 bits per heavy atom. The van der Waals surface area contributed by atoms with Gasteiger partial charge in [0.1, 0.15) is 5.01 Å². The average molecular weight is 269 g/mol. The molecule has 0 aliphatic rings. The number of imidazole rings is 1. The van der Waals surface area contributed by atoms with Crippen LogP contribution in [-0.4, -0.2) is 26.8 Å². The summed E-state index contributed by atoms with van der Waals surface area (Å²) < 4.78 is 6.80. The zero-order chi connectivity index (χ0) is 13.1. The van der Waals surface area contributed by atoms with Crippen LogP contribution in [0.25, 0.3) is 4.96 Å². The molecule has 1 N–H and O–H groups in total. The highest BCUT2D eigenvalue weighted by Crippen LogP contribution is 2.21. The molecule has 5 nitrogen and oxygen atoms in total. The number of aliphatic hydroxyl groups is 1. The molecule has 0 bridgehead atoms. The van der Waals surface area contributed by atoms with Gasteiger partial charge < -0.3 is 9.84 Å². The maximum Gasteiger partial charge on any atom is 0.212 e. The van der Waals surface area contributed by atoms with E-state index in [2.05, 4.69) is 23.9 Å². The molecule has 0 radical (unpaired) electrons. The minimum Gasteiger partial charge on any atom is -0.390 e. The molecule has 0 saturated carbocycles. The molecule has 0 aliphatic carbocycles. The number of ether oxygens (including phenoxy) is 1. The van der Waals surface area contributed by atoms with Gasteiger partial charge in [-0.15, -0.1) is 0 Å². The normalized spacial score (nSPS) is 11.8. The van der Waals surface area contributed by atoms with Gasteiger partial charge in [-0.25, -0.2) is 9.50 Å². The van der Waals surface area contributed by atoms with Gasteiger partial charge in [-0.1, -0.05) is 25.2 Å². The van der Waals surface area contributed by atoms with Crippen LogP contribution in [0.2, 0.25) is 0 Å². The van der Waals surface area contributed by atoms with E-state index in [1.165, 1.54) is 11.3 Å². The van der Waals surface area contributed by atoms with Crippen LogP contribution < -0.4 is 0 Å². The van der Waals surface area contributed by atoms with Gasteiger partial charge in [0.2, 0.25) is 4.96 Å². The molecule has 0 saturated heterocycles. The molecule has 2 aromatic rings. The summed E-state index contributed by atoms with van der Waals surface area (Å²) in [6.45, 7) is 4.84. The second kappa shape index (κ2) is 5.77. The Labute approximate surface area is 110 Å². The average Bonchev–Trinajstić information content (AvgIpc) is 2.83. The van der Waals surface area contributed by atoms with Crippen LogP contribution in [-0.2, 0) is 24.4 Å². The minimum absolute atomic E-state index is 0.0231. The fraction of sp³-hybridized carbons (Fsp3) is 0.667. The number of hydrogen-bond acceptors (Lipinski definition) is 5. The third-order valence-electron chi connectivity index (χ3n) is 2.80. The molecule has 0 aliphatic heterocycles. The van der Waals surface area contributed by atoms with Crippen molar-refractivity contribution in [3.05, 3.63) is 16.4 Å².